The smallest absolute Gasteiger partial charge is 0.336 e. The molecule has 0 spiro atoms. The highest BCUT2D eigenvalue weighted by molar-refractivity contribution is 6.00. The zero-order chi connectivity index (χ0) is 22.3. The molecule has 4 rings (SSSR count). The fraction of sp³-hybridized carbons (Fsp3) is 0.192. The molecule has 2 heterocycles. The molecule has 0 fully saturated rings. The van der Waals surface area contributed by atoms with Gasteiger partial charge in [-0.05, 0) is 36.8 Å². The van der Waals surface area contributed by atoms with Gasteiger partial charge >= 0.3 is 5.97 Å². The molecule has 0 amide bonds. The third kappa shape index (κ3) is 3.42. The summed E-state index contributed by atoms with van der Waals surface area (Å²) in [5.74, 6) is -0.908. The Morgan fingerprint density at radius 2 is 1.90 bits per heavy atom. The molecule has 0 bridgehead atoms. The third-order valence-corrected chi connectivity index (χ3v) is 6.01. The maximum atomic E-state index is 12.0. The first-order valence-electron chi connectivity index (χ1n) is 10.2. The first kappa shape index (κ1) is 20.5. The summed E-state index contributed by atoms with van der Waals surface area (Å²) in [6.07, 6.45) is 4.41. The summed E-state index contributed by atoms with van der Waals surface area (Å²) in [6, 6.07) is 16.1. The van der Waals surface area contributed by atoms with Crippen LogP contribution in [0, 0.1) is 6.92 Å². The average molecular weight is 414 g/mol. The number of rotatable bonds is 6. The van der Waals surface area contributed by atoms with Gasteiger partial charge in [-0.2, -0.15) is 0 Å². The van der Waals surface area contributed by atoms with E-state index in [4.69, 9.17) is 0 Å². The van der Waals surface area contributed by atoms with Gasteiger partial charge in [-0.25, -0.2) is 4.79 Å². The van der Waals surface area contributed by atoms with E-state index in [1.165, 1.54) is 0 Å². The van der Waals surface area contributed by atoms with Crippen LogP contribution in [0.1, 0.15) is 27.3 Å². The number of hydrogen-bond donors (Lipinski definition) is 1. The molecule has 0 aliphatic heterocycles. The minimum atomic E-state index is -0.908. The molecule has 2 aromatic carbocycles. The van der Waals surface area contributed by atoms with Gasteiger partial charge in [0.05, 0.1) is 11.1 Å². The van der Waals surface area contributed by atoms with Crippen molar-refractivity contribution in [2.45, 2.75) is 13.3 Å². The van der Waals surface area contributed by atoms with Gasteiger partial charge in [0.25, 0.3) is 0 Å². The molecule has 5 nitrogen and oxygen atoms in total. The minimum Gasteiger partial charge on any atom is -0.478 e. The van der Waals surface area contributed by atoms with E-state index in [1.54, 1.807) is 6.07 Å². The molecule has 2 aromatic heterocycles. The van der Waals surface area contributed by atoms with E-state index in [2.05, 4.69) is 40.8 Å². The lowest BCUT2D eigenvalue weighted by molar-refractivity contribution is 0.0696. The van der Waals surface area contributed by atoms with Crippen molar-refractivity contribution in [1.29, 1.82) is 0 Å². The second-order valence-electron chi connectivity index (χ2n) is 8.03. The van der Waals surface area contributed by atoms with Crippen LogP contribution in [-0.4, -0.2) is 34.3 Å². The quantitative estimate of drug-likeness (QED) is 0.460. The van der Waals surface area contributed by atoms with Crippen molar-refractivity contribution in [2.75, 3.05) is 19.0 Å². The molecular formula is C26H27N3O2. The van der Waals surface area contributed by atoms with Crippen LogP contribution >= 0.6 is 0 Å². The number of aromatic nitrogens is 2. The number of fused-ring (bicyclic) bond motifs is 1. The van der Waals surface area contributed by atoms with Gasteiger partial charge in [0.15, 0.2) is 0 Å². The molecule has 0 radical (unpaired) electrons. The van der Waals surface area contributed by atoms with E-state index in [1.807, 2.05) is 62.7 Å². The summed E-state index contributed by atoms with van der Waals surface area (Å²) >= 11 is 0. The molecule has 5 heteroatoms. The molecule has 0 aliphatic rings. The molecule has 0 unspecified atom stereocenters. The SMILES string of the molecule is C=Cn1c(C)c(-c2ccn(C)c2Cc2ccc(N(C)C)cc2C(=O)O)c2ccccc21. The number of carbonyl (C=O) groups is 1. The van der Waals surface area contributed by atoms with Crippen LogP contribution in [0.2, 0.25) is 0 Å². The van der Waals surface area contributed by atoms with E-state index in [9.17, 15) is 9.90 Å². The van der Waals surface area contributed by atoms with Crippen molar-refractivity contribution in [1.82, 2.24) is 9.13 Å². The van der Waals surface area contributed by atoms with Gasteiger partial charge in [0.2, 0.25) is 0 Å². The number of aryl methyl sites for hydroxylation is 1. The van der Waals surface area contributed by atoms with Crippen molar-refractivity contribution in [3.63, 3.8) is 0 Å². The van der Waals surface area contributed by atoms with E-state index in [-0.39, 0.29) is 0 Å². The van der Waals surface area contributed by atoms with Gasteiger partial charge < -0.3 is 19.1 Å². The van der Waals surface area contributed by atoms with Gasteiger partial charge in [0.1, 0.15) is 0 Å². The van der Waals surface area contributed by atoms with Crippen LogP contribution in [0.15, 0.2) is 61.3 Å². The summed E-state index contributed by atoms with van der Waals surface area (Å²) < 4.78 is 4.19. The molecule has 31 heavy (non-hydrogen) atoms. The Morgan fingerprint density at radius 1 is 1.16 bits per heavy atom. The Labute approximate surface area is 182 Å². The van der Waals surface area contributed by atoms with Crippen LogP contribution in [0.25, 0.3) is 28.2 Å². The number of carboxylic acid groups (broad SMARTS) is 1. The Balaban J connectivity index is 1.89. The second kappa shape index (κ2) is 7.84. The lowest BCUT2D eigenvalue weighted by Gasteiger charge is -2.16. The Kier molecular flexibility index (Phi) is 5.19. The Morgan fingerprint density at radius 3 is 2.58 bits per heavy atom. The Hall–Kier alpha value is -3.73. The second-order valence-corrected chi connectivity index (χ2v) is 8.03. The van der Waals surface area contributed by atoms with Crippen molar-refractivity contribution >= 4 is 28.8 Å². The molecular weight excluding hydrogens is 386 g/mol. The summed E-state index contributed by atoms with van der Waals surface area (Å²) in [5, 5.41) is 11.0. The number of carboxylic acids is 1. The van der Waals surface area contributed by atoms with Crippen molar-refractivity contribution in [3.05, 3.63) is 83.8 Å². The highest BCUT2D eigenvalue weighted by Gasteiger charge is 2.21. The van der Waals surface area contributed by atoms with Gasteiger partial charge in [0, 0.05) is 73.5 Å². The van der Waals surface area contributed by atoms with E-state index in [0.717, 1.165) is 44.7 Å². The predicted octanol–water partition coefficient (Wildman–Crippen LogP) is 5.41. The largest absolute Gasteiger partial charge is 0.478 e. The number of para-hydroxylation sites is 1. The van der Waals surface area contributed by atoms with E-state index >= 15 is 0 Å². The first-order chi connectivity index (χ1) is 14.8. The lowest BCUT2D eigenvalue weighted by Crippen LogP contribution is -2.12. The summed E-state index contributed by atoms with van der Waals surface area (Å²) in [4.78, 5) is 13.9. The number of aromatic carboxylic acids is 1. The van der Waals surface area contributed by atoms with E-state index < -0.39 is 5.97 Å². The number of benzene rings is 2. The van der Waals surface area contributed by atoms with Crippen LogP contribution in [0.5, 0.6) is 0 Å². The zero-order valence-corrected chi connectivity index (χ0v) is 18.4. The maximum absolute atomic E-state index is 12.0. The fourth-order valence-electron chi connectivity index (χ4n) is 4.35. The highest BCUT2D eigenvalue weighted by Crippen LogP contribution is 2.38. The first-order valence-corrected chi connectivity index (χ1v) is 10.2. The molecule has 0 saturated heterocycles. The monoisotopic (exact) mass is 413 g/mol. The van der Waals surface area contributed by atoms with Crippen molar-refractivity contribution < 1.29 is 9.90 Å². The molecule has 0 aliphatic carbocycles. The maximum Gasteiger partial charge on any atom is 0.336 e. The minimum absolute atomic E-state index is 0.337. The normalized spacial score (nSPS) is 11.1. The lowest BCUT2D eigenvalue weighted by atomic mass is 9.96. The fourth-order valence-corrected chi connectivity index (χ4v) is 4.35. The highest BCUT2D eigenvalue weighted by atomic mass is 16.4. The standard InChI is InChI=1S/C26H27N3O2/c1-6-29-17(2)25(20-9-7-8-10-23(20)29)21-13-14-28(5)24(21)15-18-11-12-19(27(3)4)16-22(18)26(30)31/h6-14,16H,1,15H2,2-5H3,(H,30,31). The van der Waals surface area contributed by atoms with E-state index in [0.29, 0.717) is 12.0 Å². The average Bonchev–Trinajstić information content (AvgIpc) is 3.23. The molecule has 0 atom stereocenters. The molecule has 1 N–H and O–H groups in total. The van der Waals surface area contributed by atoms with Crippen LogP contribution in [-0.2, 0) is 13.5 Å². The molecule has 4 aromatic rings. The molecule has 0 saturated carbocycles. The summed E-state index contributed by atoms with van der Waals surface area (Å²) in [6.45, 7) is 6.09. The van der Waals surface area contributed by atoms with Crippen LogP contribution < -0.4 is 4.90 Å². The number of nitrogens with zero attached hydrogens (tertiary/aromatic N) is 3. The zero-order valence-electron chi connectivity index (χ0n) is 18.4. The van der Waals surface area contributed by atoms with Crippen molar-refractivity contribution in [2.24, 2.45) is 7.05 Å². The topological polar surface area (TPSA) is 50.4 Å². The van der Waals surface area contributed by atoms with Crippen LogP contribution in [0.3, 0.4) is 0 Å². The molecule has 158 valence electrons. The number of anilines is 1. The van der Waals surface area contributed by atoms with Crippen LogP contribution in [0.4, 0.5) is 5.69 Å². The summed E-state index contributed by atoms with van der Waals surface area (Å²) in [5.41, 5.74) is 7.59. The Bertz CT molecular complexity index is 1310. The number of hydrogen-bond acceptors (Lipinski definition) is 2. The summed E-state index contributed by atoms with van der Waals surface area (Å²) in [7, 11) is 5.83. The van der Waals surface area contributed by atoms with Crippen molar-refractivity contribution in [3.8, 4) is 11.1 Å². The van der Waals surface area contributed by atoms with Gasteiger partial charge in [-0.15, -0.1) is 0 Å². The predicted molar refractivity (Wildman–Crippen MR) is 128 cm³/mol. The van der Waals surface area contributed by atoms with Gasteiger partial charge in [-0.3, -0.25) is 0 Å². The third-order valence-electron chi connectivity index (χ3n) is 6.01. The van der Waals surface area contributed by atoms with Gasteiger partial charge in [-0.1, -0.05) is 30.8 Å².